The number of anilines is 2. The molecule has 1 aliphatic rings. The van der Waals surface area contributed by atoms with Gasteiger partial charge in [-0.3, -0.25) is 0 Å². The zero-order valence-electron chi connectivity index (χ0n) is 29.4. The van der Waals surface area contributed by atoms with E-state index < -0.39 is 13.5 Å². The van der Waals surface area contributed by atoms with E-state index in [0.29, 0.717) is 0 Å². The molecule has 6 aromatic rings. The molecule has 1 aliphatic heterocycles. The molecular formula is C44H44Cl2N2Ru-2. The topological polar surface area (TPSA) is 6.48 Å². The molecule has 0 aliphatic carbocycles. The van der Waals surface area contributed by atoms with E-state index in [4.69, 9.17) is 19.4 Å². The van der Waals surface area contributed by atoms with Gasteiger partial charge in [0.1, 0.15) is 0 Å². The van der Waals surface area contributed by atoms with Crippen LogP contribution >= 0.6 is 19.4 Å². The zero-order valence-corrected chi connectivity index (χ0v) is 32.7. The summed E-state index contributed by atoms with van der Waals surface area (Å²) in [6.07, 6.45) is 0. The second-order valence-corrected chi connectivity index (χ2v) is 19.0. The summed E-state index contributed by atoms with van der Waals surface area (Å²) in [4.78, 5) is 4.81. The van der Waals surface area contributed by atoms with Crippen molar-refractivity contribution in [2.45, 2.75) is 48.5 Å². The van der Waals surface area contributed by atoms with Crippen LogP contribution in [0, 0.1) is 62.1 Å². The first-order valence-corrected chi connectivity index (χ1v) is 22.1. The number of rotatable bonds is 4. The van der Waals surface area contributed by atoms with Gasteiger partial charge in [-0.15, -0.1) is 0 Å². The van der Waals surface area contributed by atoms with Gasteiger partial charge in [-0.05, 0) is 63.8 Å². The number of halogens is 2. The fourth-order valence-corrected chi connectivity index (χ4v) is 9.51. The SMILES string of the molecule is Cc1cc(C)c(N2[CH-]N(c3c(C)cc(C)cc3C)CC2)c(C)c1.[CH2-]c1c([CH]=[Ru]([Cl])[Cl])cc2ccccc2c1-c1c(C)ccc2ccccc12. The molecule has 0 spiro atoms. The van der Waals surface area contributed by atoms with Crippen LogP contribution in [0.3, 0.4) is 0 Å². The molecule has 0 amide bonds. The number of hydrogen-bond donors (Lipinski definition) is 0. The van der Waals surface area contributed by atoms with Gasteiger partial charge in [0.15, 0.2) is 0 Å². The molecular weight excluding hydrogens is 728 g/mol. The first-order valence-electron chi connectivity index (χ1n) is 16.7. The fourth-order valence-electron chi connectivity index (χ4n) is 7.67. The molecule has 0 atom stereocenters. The van der Waals surface area contributed by atoms with Crippen LogP contribution in [-0.4, -0.2) is 17.7 Å². The Balaban J connectivity index is 0.000000171. The zero-order chi connectivity index (χ0) is 35.0. The monoisotopic (exact) mass is 772 g/mol. The Morgan fingerprint density at radius 1 is 0.592 bits per heavy atom. The molecule has 6 aromatic carbocycles. The molecule has 0 saturated carbocycles. The van der Waals surface area contributed by atoms with Gasteiger partial charge < -0.3 is 9.80 Å². The Hall–Kier alpha value is -3.62. The maximum atomic E-state index is 6.19. The third-order valence-corrected chi connectivity index (χ3v) is 11.3. The molecule has 0 N–H and O–H groups in total. The van der Waals surface area contributed by atoms with Crippen molar-refractivity contribution < 1.29 is 13.5 Å². The van der Waals surface area contributed by atoms with Crippen molar-refractivity contribution >= 4 is 56.9 Å². The third-order valence-electron chi connectivity index (χ3n) is 9.47. The van der Waals surface area contributed by atoms with Crippen LogP contribution in [0.2, 0.25) is 0 Å². The molecule has 0 unspecified atom stereocenters. The summed E-state index contributed by atoms with van der Waals surface area (Å²) < 4.78 is 1.99. The van der Waals surface area contributed by atoms with Gasteiger partial charge in [0.25, 0.3) is 0 Å². The summed E-state index contributed by atoms with van der Waals surface area (Å²) in [5, 5.41) is 4.85. The molecule has 0 aromatic heterocycles. The maximum absolute atomic E-state index is 6.19. The molecule has 1 saturated heterocycles. The van der Waals surface area contributed by atoms with Crippen molar-refractivity contribution in [1.29, 1.82) is 0 Å². The van der Waals surface area contributed by atoms with Gasteiger partial charge in [0.2, 0.25) is 0 Å². The fraction of sp³-hybridized carbons (Fsp3) is 0.205. The molecule has 0 bridgehead atoms. The Bertz CT molecular complexity index is 2120. The molecule has 1 fully saturated rings. The van der Waals surface area contributed by atoms with Crippen LogP contribution in [0.5, 0.6) is 0 Å². The average Bonchev–Trinajstić information content (AvgIpc) is 3.50. The predicted molar refractivity (Wildman–Crippen MR) is 213 cm³/mol. The van der Waals surface area contributed by atoms with E-state index >= 15 is 0 Å². The molecule has 2 nitrogen and oxygen atoms in total. The Morgan fingerprint density at radius 3 is 1.57 bits per heavy atom. The summed E-state index contributed by atoms with van der Waals surface area (Å²) >= 11 is -1.95. The van der Waals surface area contributed by atoms with E-state index in [1.165, 1.54) is 83.0 Å². The minimum absolute atomic E-state index is 0.989. The van der Waals surface area contributed by atoms with Crippen LogP contribution in [0.15, 0.2) is 91.0 Å². The van der Waals surface area contributed by atoms with Crippen molar-refractivity contribution in [3.63, 3.8) is 0 Å². The predicted octanol–water partition coefficient (Wildman–Crippen LogP) is 12.2. The Morgan fingerprint density at radius 2 is 1.06 bits per heavy atom. The van der Waals surface area contributed by atoms with E-state index in [2.05, 4.69) is 163 Å². The molecule has 1 heterocycles. The number of aryl methyl sites for hydroxylation is 7. The summed E-state index contributed by atoms with van der Waals surface area (Å²) in [7, 11) is 12.4. The molecule has 0 radical (unpaired) electrons. The van der Waals surface area contributed by atoms with Gasteiger partial charge >= 0.3 is 167 Å². The van der Waals surface area contributed by atoms with Gasteiger partial charge in [-0.25, -0.2) is 0 Å². The summed E-state index contributed by atoms with van der Waals surface area (Å²) in [6, 6.07) is 32.6. The van der Waals surface area contributed by atoms with Crippen molar-refractivity contribution in [2.24, 2.45) is 0 Å². The van der Waals surface area contributed by atoms with Gasteiger partial charge in [0.05, 0.1) is 0 Å². The van der Waals surface area contributed by atoms with Crippen molar-refractivity contribution in [3.8, 4) is 11.1 Å². The summed E-state index contributed by atoms with van der Waals surface area (Å²) in [5.41, 5.74) is 16.5. The van der Waals surface area contributed by atoms with E-state index in [9.17, 15) is 0 Å². The molecule has 254 valence electrons. The van der Waals surface area contributed by atoms with Crippen molar-refractivity contribution in [2.75, 3.05) is 22.9 Å². The second-order valence-electron chi connectivity index (χ2n) is 13.3. The number of hydrogen-bond acceptors (Lipinski definition) is 2. The standard InChI is InChI=1S/C23H17.C21H27N2.2ClH.Ru/c1-15-12-13-18-8-4-6-10-20(18)22(15)23-17(3)16(2)14-19-9-5-7-11-21(19)23;1-14-9-16(3)20(17(4)10-14)22-7-8-23(13-22)21-18(5)11-15(2)12-19(21)6;;;/h2,4-14H,3H2,1H3;9-13H,7-8H2,1-6H3;2*1H;/q2*-1;;;+2/p-2. The normalized spacial score (nSPS) is 13.1. The van der Waals surface area contributed by atoms with Crippen LogP contribution < -0.4 is 9.80 Å². The van der Waals surface area contributed by atoms with Crippen molar-refractivity contribution in [3.05, 3.63) is 155 Å². The molecule has 5 heteroatoms. The number of nitrogens with zero attached hydrogens (tertiary/aromatic N) is 2. The average molecular weight is 773 g/mol. The Labute approximate surface area is 305 Å². The van der Waals surface area contributed by atoms with Crippen LogP contribution in [0.4, 0.5) is 11.4 Å². The van der Waals surface area contributed by atoms with Crippen LogP contribution in [0.1, 0.15) is 50.1 Å². The van der Waals surface area contributed by atoms with Crippen LogP contribution in [-0.2, 0) is 13.5 Å². The van der Waals surface area contributed by atoms with Gasteiger partial charge in [-0.2, -0.15) is 6.67 Å². The van der Waals surface area contributed by atoms with E-state index in [1.54, 1.807) is 0 Å². The minimum atomic E-state index is -1.95. The first-order chi connectivity index (χ1) is 23.4. The van der Waals surface area contributed by atoms with Gasteiger partial charge in [0, 0.05) is 24.5 Å². The number of fused-ring (bicyclic) bond motifs is 2. The van der Waals surface area contributed by atoms with E-state index in [-0.39, 0.29) is 0 Å². The first kappa shape index (κ1) is 35.2. The van der Waals surface area contributed by atoms with Crippen molar-refractivity contribution in [1.82, 2.24) is 0 Å². The molecule has 7 rings (SSSR count). The second kappa shape index (κ2) is 14.7. The van der Waals surface area contributed by atoms with E-state index in [1.807, 2.05) is 4.61 Å². The van der Waals surface area contributed by atoms with E-state index in [0.717, 1.165) is 24.2 Å². The summed E-state index contributed by atoms with van der Waals surface area (Å²) in [5.74, 6) is 0. The van der Waals surface area contributed by atoms with Gasteiger partial charge in [-0.1, -0.05) is 35.4 Å². The third kappa shape index (κ3) is 7.32. The summed E-state index contributed by atoms with van der Waals surface area (Å²) in [6.45, 7) is 24.2. The number of benzene rings is 6. The van der Waals surface area contributed by atoms with Crippen LogP contribution in [0.25, 0.3) is 32.7 Å². The Kier molecular flexibility index (Phi) is 10.6. The quantitative estimate of drug-likeness (QED) is 0.130. The molecule has 49 heavy (non-hydrogen) atoms.